The summed E-state index contributed by atoms with van der Waals surface area (Å²) in [7, 11) is 0. The first-order chi connectivity index (χ1) is 11.1. The van der Waals surface area contributed by atoms with E-state index in [0.717, 1.165) is 22.2 Å². The highest BCUT2D eigenvalue weighted by Crippen LogP contribution is 2.34. The zero-order chi connectivity index (χ0) is 16.2. The van der Waals surface area contributed by atoms with E-state index in [4.69, 9.17) is 21.1 Å². The Kier molecular flexibility index (Phi) is 5.08. The smallest absolute Gasteiger partial charge is 0.258 e. The first-order valence-electron chi connectivity index (χ1n) is 7.22. The molecule has 1 aliphatic rings. The maximum Gasteiger partial charge on any atom is 0.258 e. The van der Waals surface area contributed by atoms with Crippen molar-refractivity contribution in [3.05, 3.63) is 57.5 Å². The van der Waals surface area contributed by atoms with Gasteiger partial charge < -0.3 is 14.8 Å². The molecule has 2 aromatic rings. The predicted octanol–water partition coefficient (Wildman–Crippen LogP) is 4.12. The molecule has 1 unspecified atom stereocenters. The summed E-state index contributed by atoms with van der Waals surface area (Å²) >= 11 is 9.26. The van der Waals surface area contributed by atoms with Crippen molar-refractivity contribution in [3.8, 4) is 11.5 Å². The number of halogens is 2. The van der Waals surface area contributed by atoms with E-state index < -0.39 is 0 Å². The standard InChI is InChI=1S/C17H15BrClNO3/c18-11-1-6-16-14(9-11)15(7-8-22-16)20-17(21)10-23-13-4-2-12(19)3-5-13/h1-6,9,15H,7-8,10H2,(H,20,21). The number of hydrogen-bond donors (Lipinski definition) is 1. The van der Waals surface area contributed by atoms with Crippen molar-refractivity contribution in [2.24, 2.45) is 0 Å². The largest absolute Gasteiger partial charge is 0.493 e. The number of nitrogens with one attached hydrogen (secondary N) is 1. The van der Waals surface area contributed by atoms with E-state index in [1.807, 2.05) is 18.2 Å². The Morgan fingerprint density at radius 1 is 1.30 bits per heavy atom. The molecular formula is C17H15BrClNO3. The van der Waals surface area contributed by atoms with Crippen molar-refractivity contribution in [1.29, 1.82) is 0 Å². The number of ether oxygens (including phenoxy) is 2. The Morgan fingerprint density at radius 3 is 2.87 bits per heavy atom. The van der Waals surface area contributed by atoms with Crippen molar-refractivity contribution in [3.63, 3.8) is 0 Å². The summed E-state index contributed by atoms with van der Waals surface area (Å²) < 4.78 is 12.0. The first kappa shape index (κ1) is 16.1. The third kappa shape index (κ3) is 4.18. The molecule has 1 atom stereocenters. The van der Waals surface area contributed by atoms with Crippen LogP contribution >= 0.6 is 27.5 Å². The monoisotopic (exact) mass is 395 g/mol. The number of amides is 1. The second-order valence-corrected chi connectivity index (χ2v) is 6.53. The minimum Gasteiger partial charge on any atom is -0.493 e. The number of fused-ring (bicyclic) bond motifs is 1. The Balaban J connectivity index is 1.60. The highest BCUT2D eigenvalue weighted by Gasteiger charge is 2.23. The number of rotatable bonds is 4. The van der Waals surface area contributed by atoms with E-state index in [1.165, 1.54) is 0 Å². The Morgan fingerprint density at radius 2 is 2.09 bits per heavy atom. The van der Waals surface area contributed by atoms with Crippen LogP contribution in [0.15, 0.2) is 46.9 Å². The molecule has 1 aliphatic heterocycles. The van der Waals surface area contributed by atoms with Gasteiger partial charge in [-0.15, -0.1) is 0 Å². The molecule has 1 heterocycles. The van der Waals surface area contributed by atoms with E-state index >= 15 is 0 Å². The van der Waals surface area contributed by atoms with E-state index in [-0.39, 0.29) is 18.6 Å². The lowest BCUT2D eigenvalue weighted by Crippen LogP contribution is -2.35. The Bertz CT molecular complexity index is 705. The Hall–Kier alpha value is -1.72. The second kappa shape index (κ2) is 7.23. The van der Waals surface area contributed by atoms with Crippen LogP contribution in [0.3, 0.4) is 0 Å². The number of hydrogen-bond acceptors (Lipinski definition) is 3. The van der Waals surface area contributed by atoms with Crippen LogP contribution in [0.2, 0.25) is 5.02 Å². The van der Waals surface area contributed by atoms with Gasteiger partial charge in [0, 0.05) is 21.5 Å². The van der Waals surface area contributed by atoms with Crippen LogP contribution in [0.25, 0.3) is 0 Å². The van der Waals surface area contributed by atoms with Crippen LogP contribution in [-0.4, -0.2) is 19.1 Å². The van der Waals surface area contributed by atoms with Gasteiger partial charge in [-0.3, -0.25) is 4.79 Å². The summed E-state index contributed by atoms with van der Waals surface area (Å²) in [6, 6.07) is 12.6. The molecule has 23 heavy (non-hydrogen) atoms. The predicted molar refractivity (Wildman–Crippen MR) is 92.1 cm³/mol. The summed E-state index contributed by atoms with van der Waals surface area (Å²) in [5.41, 5.74) is 0.977. The molecule has 0 saturated heterocycles. The molecule has 1 amide bonds. The molecule has 0 spiro atoms. The average molecular weight is 397 g/mol. The molecule has 2 aromatic carbocycles. The molecule has 0 aliphatic carbocycles. The highest BCUT2D eigenvalue weighted by molar-refractivity contribution is 9.10. The normalized spacial score (nSPS) is 16.2. The summed E-state index contributed by atoms with van der Waals surface area (Å²) in [5.74, 6) is 1.25. The van der Waals surface area contributed by atoms with Gasteiger partial charge in [-0.1, -0.05) is 27.5 Å². The molecule has 3 rings (SSSR count). The third-order valence-electron chi connectivity index (χ3n) is 3.53. The van der Waals surface area contributed by atoms with Crippen LogP contribution in [-0.2, 0) is 4.79 Å². The van der Waals surface area contributed by atoms with Crippen molar-refractivity contribution < 1.29 is 14.3 Å². The fourth-order valence-corrected chi connectivity index (χ4v) is 2.94. The van der Waals surface area contributed by atoms with E-state index in [2.05, 4.69) is 21.2 Å². The van der Waals surface area contributed by atoms with Crippen LogP contribution in [0, 0.1) is 0 Å². The zero-order valence-electron chi connectivity index (χ0n) is 12.2. The van der Waals surface area contributed by atoms with Crippen molar-refractivity contribution in [1.82, 2.24) is 5.32 Å². The van der Waals surface area contributed by atoms with Crippen LogP contribution in [0.1, 0.15) is 18.0 Å². The first-order valence-corrected chi connectivity index (χ1v) is 8.39. The average Bonchev–Trinajstić information content (AvgIpc) is 2.55. The van der Waals surface area contributed by atoms with Crippen molar-refractivity contribution >= 4 is 33.4 Å². The maximum absolute atomic E-state index is 12.1. The van der Waals surface area contributed by atoms with Gasteiger partial charge in [0.25, 0.3) is 5.91 Å². The molecular weight excluding hydrogens is 382 g/mol. The van der Waals surface area contributed by atoms with Gasteiger partial charge in [-0.05, 0) is 42.5 Å². The van der Waals surface area contributed by atoms with Crippen LogP contribution in [0.5, 0.6) is 11.5 Å². The van der Waals surface area contributed by atoms with Gasteiger partial charge in [-0.2, -0.15) is 0 Å². The number of benzene rings is 2. The van der Waals surface area contributed by atoms with E-state index in [0.29, 0.717) is 17.4 Å². The summed E-state index contributed by atoms with van der Waals surface area (Å²) in [6.07, 6.45) is 0.732. The van der Waals surface area contributed by atoms with Crippen molar-refractivity contribution in [2.45, 2.75) is 12.5 Å². The van der Waals surface area contributed by atoms with Gasteiger partial charge in [0.1, 0.15) is 11.5 Å². The van der Waals surface area contributed by atoms with Gasteiger partial charge >= 0.3 is 0 Å². The highest BCUT2D eigenvalue weighted by atomic mass is 79.9. The maximum atomic E-state index is 12.1. The van der Waals surface area contributed by atoms with Gasteiger partial charge in [0.2, 0.25) is 0 Å². The van der Waals surface area contributed by atoms with Crippen LogP contribution < -0.4 is 14.8 Å². The second-order valence-electron chi connectivity index (χ2n) is 5.18. The van der Waals surface area contributed by atoms with E-state index in [9.17, 15) is 4.79 Å². The number of carbonyl (C=O) groups excluding carboxylic acids is 1. The molecule has 0 aromatic heterocycles. The minimum atomic E-state index is -0.169. The van der Waals surface area contributed by atoms with Crippen molar-refractivity contribution in [2.75, 3.05) is 13.2 Å². The molecule has 4 nitrogen and oxygen atoms in total. The number of carbonyl (C=O) groups is 1. The summed E-state index contributed by atoms with van der Waals surface area (Å²) in [5, 5.41) is 3.62. The fourth-order valence-electron chi connectivity index (χ4n) is 2.43. The Labute approximate surface area is 147 Å². The lowest BCUT2D eigenvalue weighted by molar-refractivity contribution is -0.124. The molecule has 120 valence electrons. The summed E-state index contributed by atoms with van der Waals surface area (Å²) in [6.45, 7) is 0.542. The topological polar surface area (TPSA) is 47.6 Å². The molecule has 0 bridgehead atoms. The SMILES string of the molecule is O=C(COc1ccc(Cl)cc1)NC1CCOc2ccc(Br)cc21. The molecule has 0 fully saturated rings. The molecule has 0 saturated carbocycles. The third-order valence-corrected chi connectivity index (χ3v) is 4.28. The molecule has 0 radical (unpaired) electrons. The van der Waals surface area contributed by atoms with Gasteiger partial charge in [0.05, 0.1) is 12.6 Å². The lowest BCUT2D eigenvalue weighted by atomic mass is 10.0. The fraction of sp³-hybridized carbons (Fsp3) is 0.235. The van der Waals surface area contributed by atoms with Gasteiger partial charge in [0.15, 0.2) is 6.61 Å². The minimum absolute atomic E-state index is 0.0394. The van der Waals surface area contributed by atoms with E-state index in [1.54, 1.807) is 24.3 Å². The quantitative estimate of drug-likeness (QED) is 0.845. The molecule has 6 heteroatoms. The lowest BCUT2D eigenvalue weighted by Gasteiger charge is -2.27. The van der Waals surface area contributed by atoms with Gasteiger partial charge in [-0.25, -0.2) is 0 Å². The molecule has 1 N–H and O–H groups in total. The summed E-state index contributed by atoms with van der Waals surface area (Å²) in [4.78, 5) is 12.1. The zero-order valence-corrected chi connectivity index (χ0v) is 14.6. The van der Waals surface area contributed by atoms with Crippen LogP contribution in [0.4, 0.5) is 0 Å².